The Morgan fingerprint density at radius 2 is 2.06 bits per heavy atom. The minimum Gasteiger partial charge on any atom is -0.382 e. The number of nitrogen functional groups attached to an aromatic ring is 1. The lowest BCUT2D eigenvalue weighted by Gasteiger charge is -2.14. The van der Waals surface area contributed by atoms with Gasteiger partial charge < -0.3 is 10.7 Å². The van der Waals surface area contributed by atoms with E-state index in [9.17, 15) is 10.1 Å². The van der Waals surface area contributed by atoms with E-state index in [0.29, 0.717) is 11.4 Å². The van der Waals surface area contributed by atoms with Crippen LogP contribution < -0.4 is 16.6 Å². The van der Waals surface area contributed by atoms with Crippen LogP contribution in [0.1, 0.15) is 26.7 Å². The summed E-state index contributed by atoms with van der Waals surface area (Å²) in [4.78, 5) is 10.3. The first kappa shape index (κ1) is 13.2. The molecular weight excluding hydrogens is 220 g/mol. The summed E-state index contributed by atoms with van der Waals surface area (Å²) >= 11 is 0. The number of nitrogens with two attached hydrogens (primary N) is 1. The molecule has 17 heavy (non-hydrogen) atoms. The van der Waals surface area contributed by atoms with Crippen LogP contribution in [0.15, 0.2) is 18.2 Å². The second-order valence-corrected chi connectivity index (χ2v) is 4.00. The third-order valence-electron chi connectivity index (χ3n) is 2.43. The molecular formula is C11H18N4O2. The molecule has 1 rings (SSSR count). The van der Waals surface area contributed by atoms with Gasteiger partial charge in [0.05, 0.1) is 10.6 Å². The molecule has 0 aromatic heterocycles. The van der Waals surface area contributed by atoms with Crippen LogP contribution in [0.25, 0.3) is 0 Å². The van der Waals surface area contributed by atoms with Gasteiger partial charge in [-0.05, 0) is 19.4 Å². The summed E-state index contributed by atoms with van der Waals surface area (Å²) in [5.74, 6) is 5.28. The molecule has 1 aromatic carbocycles. The van der Waals surface area contributed by atoms with Crippen LogP contribution in [-0.4, -0.2) is 11.0 Å². The Bertz CT molecular complexity index is 395. The molecule has 0 saturated heterocycles. The van der Waals surface area contributed by atoms with Crippen LogP contribution in [0.5, 0.6) is 0 Å². The molecule has 1 aromatic rings. The third kappa shape index (κ3) is 3.92. The normalized spacial score (nSPS) is 11.9. The largest absolute Gasteiger partial charge is 0.382 e. The molecule has 0 bridgehead atoms. The first-order valence-electron chi connectivity index (χ1n) is 5.59. The van der Waals surface area contributed by atoms with Gasteiger partial charge in [-0.1, -0.05) is 13.3 Å². The zero-order chi connectivity index (χ0) is 12.8. The van der Waals surface area contributed by atoms with E-state index in [-0.39, 0.29) is 11.7 Å². The number of hydrazine groups is 1. The number of nitro groups is 1. The number of hydrogen-bond donors (Lipinski definition) is 3. The van der Waals surface area contributed by atoms with Crippen molar-refractivity contribution in [2.24, 2.45) is 5.84 Å². The van der Waals surface area contributed by atoms with Crippen molar-refractivity contribution in [3.05, 3.63) is 28.3 Å². The maximum atomic E-state index is 10.7. The molecule has 0 aliphatic heterocycles. The van der Waals surface area contributed by atoms with E-state index >= 15 is 0 Å². The SMILES string of the molecule is CCCC(C)Nc1cc(NN)cc([N+](=O)[O-])c1. The van der Waals surface area contributed by atoms with Crippen molar-refractivity contribution in [3.63, 3.8) is 0 Å². The topological polar surface area (TPSA) is 93.2 Å². The lowest BCUT2D eigenvalue weighted by atomic mass is 10.1. The first-order chi connectivity index (χ1) is 8.06. The highest BCUT2D eigenvalue weighted by molar-refractivity contribution is 5.63. The molecule has 0 aliphatic rings. The van der Waals surface area contributed by atoms with E-state index in [4.69, 9.17) is 5.84 Å². The molecule has 0 saturated carbocycles. The number of rotatable bonds is 6. The second-order valence-electron chi connectivity index (χ2n) is 4.00. The molecule has 0 heterocycles. The summed E-state index contributed by atoms with van der Waals surface area (Å²) in [7, 11) is 0. The van der Waals surface area contributed by atoms with Crippen LogP contribution in [0, 0.1) is 10.1 Å². The number of nitro benzene ring substituents is 1. The van der Waals surface area contributed by atoms with Gasteiger partial charge in [-0.25, -0.2) is 0 Å². The number of nitrogens with one attached hydrogen (secondary N) is 2. The number of non-ortho nitro benzene ring substituents is 1. The highest BCUT2D eigenvalue weighted by atomic mass is 16.6. The smallest absolute Gasteiger partial charge is 0.273 e. The highest BCUT2D eigenvalue weighted by Gasteiger charge is 2.10. The minimum atomic E-state index is -0.434. The molecule has 0 amide bonds. The van der Waals surface area contributed by atoms with E-state index in [0.717, 1.165) is 12.8 Å². The lowest BCUT2D eigenvalue weighted by molar-refractivity contribution is -0.384. The third-order valence-corrected chi connectivity index (χ3v) is 2.43. The Balaban J connectivity index is 2.90. The fraction of sp³-hybridized carbons (Fsp3) is 0.455. The number of benzene rings is 1. The van der Waals surface area contributed by atoms with Crippen molar-refractivity contribution in [2.45, 2.75) is 32.7 Å². The minimum absolute atomic E-state index is 0.0200. The van der Waals surface area contributed by atoms with Crippen LogP contribution in [0.3, 0.4) is 0 Å². The summed E-state index contributed by atoms with van der Waals surface area (Å²) in [5, 5.41) is 14.0. The van der Waals surface area contributed by atoms with Crippen molar-refractivity contribution in [2.75, 3.05) is 10.7 Å². The van der Waals surface area contributed by atoms with Crippen LogP contribution in [0.2, 0.25) is 0 Å². The molecule has 0 radical (unpaired) electrons. The van der Waals surface area contributed by atoms with E-state index in [2.05, 4.69) is 17.7 Å². The van der Waals surface area contributed by atoms with Crippen molar-refractivity contribution in [1.82, 2.24) is 0 Å². The Morgan fingerprint density at radius 1 is 1.41 bits per heavy atom. The van der Waals surface area contributed by atoms with E-state index in [1.807, 2.05) is 6.92 Å². The lowest BCUT2D eigenvalue weighted by Crippen LogP contribution is -2.15. The molecule has 94 valence electrons. The zero-order valence-electron chi connectivity index (χ0n) is 10.1. The molecule has 0 spiro atoms. The monoisotopic (exact) mass is 238 g/mol. The molecule has 1 atom stereocenters. The predicted molar refractivity (Wildman–Crippen MR) is 68.9 cm³/mol. The summed E-state index contributed by atoms with van der Waals surface area (Å²) in [6, 6.07) is 4.93. The van der Waals surface area contributed by atoms with Gasteiger partial charge >= 0.3 is 0 Å². The number of nitrogens with zero attached hydrogens (tertiary/aromatic N) is 1. The molecule has 0 aliphatic carbocycles. The van der Waals surface area contributed by atoms with Crippen molar-refractivity contribution in [1.29, 1.82) is 0 Å². The Labute approximate surface area is 100 Å². The Morgan fingerprint density at radius 3 is 2.59 bits per heavy atom. The van der Waals surface area contributed by atoms with Crippen LogP contribution >= 0.6 is 0 Å². The summed E-state index contributed by atoms with van der Waals surface area (Å²) in [6.45, 7) is 4.14. The van der Waals surface area contributed by atoms with Gasteiger partial charge in [0.2, 0.25) is 0 Å². The number of hydrogen-bond acceptors (Lipinski definition) is 5. The van der Waals surface area contributed by atoms with Gasteiger partial charge in [0.25, 0.3) is 5.69 Å². The van der Waals surface area contributed by atoms with Crippen molar-refractivity contribution >= 4 is 17.1 Å². The molecule has 1 unspecified atom stereocenters. The van der Waals surface area contributed by atoms with E-state index < -0.39 is 4.92 Å². The van der Waals surface area contributed by atoms with Crippen molar-refractivity contribution < 1.29 is 4.92 Å². The summed E-state index contributed by atoms with van der Waals surface area (Å²) in [5.41, 5.74) is 3.66. The molecule has 6 nitrogen and oxygen atoms in total. The van der Waals surface area contributed by atoms with Gasteiger partial charge in [0.15, 0.2) is 0 Å². The van der Waals surface area contributed by atoms with Crippen LogP contribution in [-0.2, 0) is 0 Å². The summed E-state index contributed by atoms with van der Waals surface area (Å²) in [6.07, 6.45) is 2.07. The Hall–Kier alpha value is -1.82. The maximum Gasteiger partial charge on any atom is 0.273 e. The quantitative estimate of drug-likeness (QED) is 0.402. The fourth-order valence-electron chi connectivity index (χ4n) is 1.67. The molecule has 4 N–H and O–H groups in total. The highest BCUT2D eigenvalue weighted by Crippen LogP contribution is 2.24. The standard InChI is InChI=1S/C11H18N4O2/c1-3-4-8(2)13-9-5-10(14-12)7-11(6-9)15(16)17/h5-8,13-14H,3-4,12H2,1-2H3. The average Bonchev–Trinajstić information content (AvgIpc) is 2.28. The van der Waals surface area contributed by atoms with Gasteiger partial charge in [0, 0.05) is 23.9 Å². The predicted octanol–water partition coefficient (Wildman–Crippen LogP) is 2.48. The van der Waals surface area contributed by atoms with E-state index in [1.54, 1.807) is 6.07 Å². The fourth-order valence-corrected chi connectivity index (χ4v) is 1.67. The maximum absolute atomic E-state index is 10.7. The average molecular weight is 238 g/mol. The van der Waals surface area contributed by atoms with E-state index in [1.165, 1.54) is 12.1 Å². The van der Waals surface area contributed by atoms with Gasteiger partial charge in [-0.15, -0.1) is 0 Å². The van der Waals surface area contributed by atoms with Crippen LogP contribution in [0.4, 0.5) is 17.1 Å². The van der Waals surface area contributed by atoms with Gasteiger partial charge in [-0.2, -0.15) is 0 Å². The molecule has 6 heteroatoms. The van der Waals surface area contributed by atoms with Crippen molar-refractivity contribution in [3.8, 4) is 0 Å². The summed E-state index contributed by atoms with van der Waals surface area (Å²) < 4.78 is 0. The zero-order valence-corrected chi connectivity index (χ0v) is 10.1. The van der Waals surface area contributed by atoms with Gasteiger partial charge in [0.1, 0.15) is 0 Å². The first-order valence-corrected chi connectivity index (χ1v) is 5.59. The van der Waals surface area contributed by atoms with Gasteiger partial charge in [-0.3, -0.25) is 16.0 Å². The Kier molecular flexibility index (Phi) is 4.71. The molecule has 0 fully saturated rings. The second kappa shape index (κ2) is 6.05. The number of anilines is 2.